The predicted octanol–water partition coefficient (Wildman–Crippen LogP) is 2.79. The Morgan fingerprint density at radius 1 is 0.882 bits per heavy atom. The number of hydrogen-bond acceptors (Lipinski definition) is 3. The minimum atomic E-state index is -0.304. The van der Waals surface area contributed by atoms with Crippen LogP contribution in [0, 0.1) is 0 Å². The van der Waals surface area contributed by atoms with Crippen molar-refractivity contribution in [1.82, 2.24) is 0 Å². The first-order valence-electron chi connectivity index (χ1n) is 5.00. The van der Waals surface area contributed by atoms with Crippen molar-refractivity contribution in [3.8, 4) is 5.75 Å². The van der Waals surface area contributed by atoms with Crippen LogP contribution in [0.15, 0.2) is 54.6 Å². The van der Waals surface area contributed by atoms with E-state index in [2.05, 4.69) is 0 Å². The molecule has 1 unspecified atom stereocenters. The summed E-state index contributed by atoms with van der Waals surface area (Å²) in [5.74, 6) is 5.54. The minimum absolute atomic E-state index is 0. The van der Waals surface area contributed by atoms with Crippen LogP contribution >= 0.6 is 12.4 Å². The molecule has 0 saturated heterocycles. The summed E-state index contributed by atoms with van der Waals surface area (Å²) in [5.41, 5.74) is 1.89. The summed E-state index contributed by atoms with van der Waals surface area (Å²) < 4.78 is 0. The maximum Gasteiger partial charge on any atom is 0.129 e. The van der Waals surface area contributed by atoms with Crippen LogP contribution in [0.25, 0.3) is 0 Å². The summed E-state index contributed by atoms with van der Waals surface area (Å²) >= 11 is 0. The normalized spacial score (nSPS) is 11.6. The van der Waals surface area contributed by atoms with Crippen LogP contribution in [0.3, 0.4) is 0 Å². The molecule has 0 spiro atoms. The molecule has 17 heavy (non-hydrogen) atoms. The molecule has 0 amide bonds. The van der Waals surface area contributed by atoms with Crippen molar-refractivity contribution < 1.29 is 9.94 Å². The zero-order valence-electron chi connectivity index (χ0n) is 9.11. The molecule has 0 aliphatic heterocycles. The van der Waals surface area contributed by atoms with Crippen LogP contribution < -0.4 is 5.90 Å². The second kappa shape index (κ2) is 6.25. The first-order chi connectivity index (χ1) is 7.81. The van der Waals surface area contributed by atoms with E-state index in [1.165, 1.54) is 0 Å². The van der Waals surface area contributed by atoms with E-state index >= 15 is 0 Å². The van der Waals surface area contributed by atoms with Gasteiger partial charge in [0.1, 0.15) is 11.9 Å². The highest BCUT2D eigenvalue weighted by atomic mass is 35.5. The number of benzene rings is 2. The predicted molar refractivity (Wildman–Crippen MR) is 68.9 cm³/mol. The van der Waals surface area contributed by atoms with Gasteiger partial charge < -0.3 is 5.11 Å². The van der Waals surface area contributed by atoms with Gasteiger partial charge in [-0.15, -0.1) is 12.4 Å². The lowest BCUT2D eigenvalue weighted by atomic mass is 10.0. The van der Waals surface area contributed by atoms with E-state index < -0.39 is 0 Å². The maximum atomic E-state index is 9.21. The van der Waals surface area contributed by atoms with Crippen molar-refractivity contribution in [3.63, 3.8) is 0 Å². The van der Waals surface area contributed by atoms with Gasteiger partial charge in [0, 0.05) is 0 Å². The van der Waals surface area contributed by atoms with Crippen LogP contribution in [0.2, 0.25) is 0 Å². The molecule has 0 bridgehead atoms. The lowest BCUT2D eigenvalue weighted by Crippen LogP contribution is -2.10. The third kappa shape index (κ3) is 3.20. The monoisotopic (exact) mass is 251 g/mol. The van der Waals surface area contributed by atoms with Gasteiger partial charge in [0.2, 0.25) is 0 Å². The second-order valence-electron chi connectivity index (χ2n) is 3.52. The van der Waals surface area contributed by atoms with Gasteiger partial charge in [-0.3, -0.25) is 4.84 Å². The first-order valence-corrected chi connectivity index (χ1v) is 5.00. The molecule has 4 heteroatoms. The van der Waals surface area contributed by atoms with Crippen LogP contribution in [-0.2, 0) is 4.84 Å². The average Bonchev–Trinajstić information content (AvgIpc) is 2.34. The molecule has 0 aromatic heterocycles. The van der Waals surface area contributed by atoms with Crippen LogP contribution in [-0.4, -0.2) is 5.11 Å². The molecule has 90 valence electrons. The second-order valence-corrected chi connectivity index (χ2v) is 3.52. The van der Waals surface area contributed by atoms with Crippen molar-refractivity contribution in [2.45, 2.75) is 6.10 Å². The van der Waals surface area contributed by atoms with Gasteiger partial charge in [-0.25, -0.2) is 5.90 Å². The quantitative estimate of drug-likeness (QED) is 0.825. The van der Waals surface area contributed by atoms with Gasteiger partial charge in [-0.2, -0.15) is 0 Å². The molecule has 0 radical (unpaired) electrons. The van der Waals surface area contributed by atoms with Gasteiger partial charge in [-0.1, -0.05) is 42.5 Å². The number of hydrogen-bond donors (Lipinski definition) is 2. The molecule has 2 rings (SSSR count). The standard InChI is InChI=1S/C13H13NO2.ClH/c14-16-13(10-4-2-1-3-5-10)11-6-8-12(15)9-7-11;/h1-9,13,15H,14H2;1H. The maximum absolute atomic E-state index is 9.21. The van der Waals surface area contributed by atoms with Crippen molar-refractivity contribution in [3.05, 3.63) is 65.7 Å². The van der Waals surface area contributed by atoms with Crippen LogP contribution in [0.4, 0.5) is 0 Å². The van der Waals surface area contributed by atoms with E-state index in [0.29, 0.717) is 0 Å². The molecule has 0 heterocycles. The summed E-state index contributed by atoms with van der Waals surface area (Å²) in [6.45, 7) is 0. The molecule has 3 N–H and O–H groups in total. The topological polar surface area (TPSA) is 55.5 Å². The average molecular weight is 252 g/mol. The van der Waals surface area contributed by atoms with Gasteiger partial charge in [0.25, 0.3) is 0 Å². The Hall–Kier alpha value is -1.55. The third-order valence-corrected chi connectivity index (χ3v) is 2.43. The summed E-state index contributed by atoms with van der Waals surface area (Å²) in [6, 6.07) is 16.5. The Morgan fingerprint density at radius 3 is 1.94 bits per heavy atom. The number of nitrogens with two attached hydrogens (primary N) is 1. The summed E-state index contributed by atoms with van der Waals surface area (Å²) in [4.78, 5) is 4.98. The molecule has 1 atom stereocenters. The number of rotatable bonds is 3. The molecular weight excluding hydrogens is 238 g/mol. The van der Waals surface area contributed by atoms with Gasteiger partial charge in [0.05, 0.1) is 0 Å². The highest BCUT2D eigenvalue weighted by molar-refractivity contribution is 5.85. The fourth-order valence-corrected chi connectivity index (χ4v) is 1.63. The van der Waals surface area contributed by atoms with E-state index in [1.54, 1.807) is 24.3 Å². The summed E-state index contributed by atoms with van der Waals surface area (Å²) in [5, 5.41) is 9.21. The minimum Gasteiger partial charge on any atom is -0.508 e. The summed E-state index contributed by atoms with van der Waals surface area (Å²) in [6.07, 6.45) is -0.304. The summed E-state index contributed by atoms with van der Waals surface area (Å²) in [7, 11) is 0. The zero-order chi connectivity index (χ0) is 11.4. The Morgan fingerprint density at radius 2 is 1.41 bits per heavy atom. The molecule has 0 aliphatic carbocycles. The van der Waals surface area contributed by atoms with E-state index in [1.807, 2.05) is 30.3 Å². The molecular formula is C13H14ClNO2. The largest absolute Gasteiger partial charge is 0.508 e. The van der Waals surface area contributed by atoms with Crippen molar-refractivity contribution in [2.24, 2.45) is 5.90 Å². The van der Waals surface area contributed by atoms with Crippen molar-refractivity contribution >= 4 is 12.4 Å². The molecule has 0 saturated carbocycles. The third-order valence-electron chi connectivity index (χ3n) is 2.43. The SMILES string of the molecule is Cl.NOC(c1ccccc1)c1ccc(O)cc1. The van der Waals surface area contributed by atoms with E-state index in [9.17, 15) is 5.11 Å². The zero-order valence-corrected chi connectivity index (χ0v) is 9.93. The Labute approximate surface area is 106 Å². The first kappa shape index (κ1) is 13.5. The fourth-order valence-electron chi connectivity index (χ4n) is 1.63. The molecule has 3 nitrogen and oxygen atoms in total. The Kier molecular flexibility index (Phi) is 4.97. The number of aromatic hydroxyl groups is 1. The van der Waals surface area contributed by atoms with Crippen molar-refractivity contribution in [1.29, 1.82) is 0 Å². The molecule has 2 aromatic carbocycles. The fraction of sp³-hybridized carbons (Fsp3) is 0.0769. The Balaban J connectivity index is 0.00000144. The molecule has 0 fully saturated rings. The van der Waals surface area contributed by atoms with E-state index in [0.717, 1.165) is 11.1 Å². The van der Waals surface area contributed by atoms with Crippen molar-refractivity contribution in [2.75, 3.05) is 0 Å². The lowest BCUT2D eigenvalue weighted by Gasteiger charge is -2.15. The number of phenolic OH excluding ortho intramolecular Hbond substituents is 1. The lowest BCUT2D eigenvalue weighted by molar-refractivity contribution is 0.0813. The number of phenols is 1. The highest BCUT2D eigenvalue weighted by Crippen LogP contribution is 2.25. The number of halogens is 1. The van der Waals surface area contributed by atoms with Crippen LogP contribution in [0.5, 0.6) is 5.75 Å². The van der Waals surface area contributed by atoms with E-state index in [-0.39, 0.29) is 24.3 Å². The van der Waals surface area contributed by atoms with Gasteiger partial charge in [0.15, 0.2) is 0 Å². The highest BCUT2D eigenvalue weighted by Gasteiger charge is 2.13. The molecule has 2 aromatic rings. The van der Waals surface area contributed by atoms with Gasteiger partial charge in [-0.05, 0) is 23.3 Å². The van der Waals surface area contributed by atoms with E-state index in [4.69, 9.17) is 10.7 Å². The smallest absolute Gasteiger partial charge is 0.129 e. The molecule has 0 aliphatic rings. The Bertz CT molecular complexity index is 445. The van der Waals surface area contributed by atoms with Gasteiger partial charge >= 0.3 is 0 Å². The van der Waals surface area contributed by atoms with Crippen LogP contribution in [0.1, 0.15) is 17.2 Å².